The van der Waals surface area contributed by atoms with Crippen LogP contribution < -0.4 is 9.47 Å². The van der Waals surface area contributed by atoms with E-state index in [4.69, 9.17) is 20.0 Å². The minimum atomic E-state index is -0.872. The Morgan fingerprint density at radius 1 is 1.23 bits per heavy atom. The number of hydrogen-bond acceptors (Lipinski definition) is 6. The quantitative estimate of drug-likeness (QED) is 0.324. The summed E-state index contributed by atoms with van der Waals surface area (Å²) in [5, 5.41) is 17.4. The summed E-state index contributed by atoms with van der Waals surface area (Å²) in [5.41, 5.74) is 3.46. The van der Waals surface area contributed by atoms with Crippen LogP contribution in [0.5, 0.6) is 11.5 Å². The number of methoxy groups -OCH3 is 1. The first kappa shape index (κ1) is 28.3. The highest BCUT2D eigenvalue weighted by atomic mass is 79.9. The maximum absolute atomic E-state index is 13.3. The van der Waals surface area contributed by atoms with Crippen LogP contribution >= 0.6 is 17.0 Å². The van der Waals surface area contributed by atoms with Gasteiger partial charge >= 0.3 is 5.97 Å². The van der Waals surface area contributed by atoms with Gasteiger partial charge in [0.05, 0.1) is 20.3 Å². The highest BCUT2D eigenvalue weighted by Crippen LogP contribution is 2.40. The van der Waals surface area contributed by atoms with Gasteiger partial charge in [0.15, 0.2) is 17.3 Å². The highest BCUT2D eigenvalue weighted by molar-refractivity contribution is 8.93. The Hall–Kier alpha value is -2.94. The molecule has 0 spiro atoms. The monoisotopic (exact) mass is 547 g/mol. The third-order valence-corrected chi connectivity index (χ3v) is 5.82. The number of rotatable bonds is 10. The topological polar surface area (TPSA) is 113 Å². The van der Waals surface area contributed by atoms with Crippen LogP contribution in [0.4, 0.5) is 0 Å². The van der Waals surface area contributed by atoms with Crippen molar-refractivity contribution in [1.82, 2.24) is 9.88 Å². The average Bonchev–Trinajstić information content (AvgIpc) is 3.09. The molecule has 1 aliphatic rings. The number of ether oxygens (including phenoxy) is 2. The summed E-state index contributed by atoms with van der Waals surface area (Å²) in [6, 6.07) is 7.42. The van der Waals surface area contributed by atoms with Crippen molar-refractivity contribution in [2.75, 3.05) is 20.3 Å². The number of carbonyl (C=O) groups excluding carboxylic acids is 1. The number of benzene rings is 1. The number of fused-ring (bicyclic) bond motifs is 1. The molecule has 35 heavy (non-hydrogen) atoms. The fraction of sp³-hybridized carbons (Fsp3) is 0.462. The zero-order chi connectivity index (χ0) is 25.0. The van der Waals surface area contributed by atoms with E-state index in [1.54, 1.807) is 11.0 Å². The number of nitrogens with zero attached hydrogens (tertiary/aromatic N) is 2. The van der Waals surface area contributed by atoms with E-state index >= 15 is 0 Å². The van der Waals surface area contributed by atoms with E-state index in [0.29, 0.717) is 35.7 Å². The van der Waals surface area contributed by atoms with Crippen LogP contribution in [-0.4, -0.2) is 52.8 Å². The lowest BCUT2D eigenvalue weighted by molar-refractivity contribution is -0.137. The zero-order valence-corrected chi connectivity index (χ0v) is 22.6. The summed E-state index contributed by atoms with van der Waals surface area (Å²) in [4.78, 5) is 30.4. The Morgan fingerprint density at radius 2 is 1.94 bits per heavy atom. The summed E-state index contributed by atoms with van der Waals surface area (Å²) in [6.45, 7) is 8.84. The number of nitrogens with one attached hydrogen (secondary N) is 1. The molecule has 3 rings (SSSR count). The SMILES string of the molecule is Br.CCc1ccc2c(n1)C(=N)N(CC(=O)c1cc(OC)c(OCCCC(=O)O)c(C(C)(C)C)c1)C2. The van der Waals surface area contributed by atoms with Crippen LogP contribution in [0.25, 0.3) is 0 Å². The molecule has 2 heterocycles. The number of aromatic nitrogens is 1. The number of pyridine rings is 1. The Labute approximate surface area is 216 Å². The first-order chi connectivity index (χ1) is 16.0. The highest BCUT2D eigenvalue weighted by Gasteiger charge is 2.29. The number of ketones is 1. The van der Waals surface area contributed by atoms with Crippen molar-refractivity contribution in [2.24, 2.45) is 0 Å². The zero-order valence-electron chi connectivity index (χ0n) is 20.9. The Bertz CT molecular complexity index is 1110. The van der Waals surface area contributed by atoms with Crippen molar-refractivity contribution in [1.29, 1.82) is 5.41 Å². The van der Waals surface area contributed by atoms with Crippen LogP contribution in [0.2, 0.25) is 0 Å². The van der Waals surface area contributed by atoms with E-state index in [1.165, 1.54) is 7.11 Å². The predicted octanol–water partition coefficient (Wildman–Crippen LogP) is 4.80. The summed E-state index contributed by atoms with van der Waals surface area (Å²) < 4.78 is 11.5. The number of carboxylic acids is 1. The molecule has 1 aromatic carbocycles. The molecule has 0 atom stereocenters. The van der Waals surface area contributed by atoms with E-state index < -0.39 is 5.97 Å². The van der Waals surface area contributed by atoms with Gasteiger partial charge in [-0.1, -0.05) is 33.8 Å². The molecule has 0 bridgehead atoms. The van der Waals surface area contributed by atoms with E-state index in [2.05, 4.69) is 4.98 Å². The number of aryl methyl sites for hydroxylation is 1. The van der Waals surface area contributed by atoms with Crippen LogP contribution in [0.3, 0.4) is 0 Å². The summed E-state index contributed by atoms with van der Waals surface area (Å²) >= 11 is 0. The van der Waals surface area contributed by atoms with Crippen molar-refractivity contribution < 1.29 is 24.2 Å². The third-order valence-electron chi connectivity index (χ3n) is 5.82. The van der Waals surface area contributed by atoms with Crippen LogP contribution in [0.1, 0.15) is 73.4 Å². The Kier molecular flexibility index (Phi) is 9.43. The van der Waals surface area contributed by atoms with E-state index in [0.717, 1.165) is 23.2 Å². The van der Waals surface area contributed by atoms with Crippen molar-refractivity contribution in [3.05, 3.63) is 52.3 Å². The fourth-order valence-electron chi connectivity index (χ4n) is 3.91. The molecule has 0 fully saturated rings. The third kappa shape index (κ3) is 6.60. The first-order valence-electron chi connectivity index (χ1n) is 11.5. The molecule has 9 heteroatoms. The lowest BCUT2D eigenvalue weighted by Gasteiger charge is -2.26. The van der Waals surface area contributed by atoms with Gasteiger partial charge in [-0.05, 0) is 36.5 Å². The number of hydrogen-bond donors (Lipinski definition) is 2. The molecule has 0 saturated carbocycles. The molecule has 8 nitrogen and oxygen atoms in total. The molecule has 2 aromatic rings. The van der Waals surface area contributed by atoms with Crippen LogP contribution in [0.15, 0.2) is 24.3 Å². The Balaban J connectivity index is 0.00000432. The molecule has 0 radical (unpaired) electrons. The molecule has 0 aliphatic carbocycles. The number of halogens is 1. The molecule has 1 aromatic heterocycles. The molecule has 0 saturated heterocycles. The fourth-order valence-corrected chi connectivity index (χ4v) is 3.91. The summed E-state index contributed by atoms with van der Waals surface area (Å²) in [7, 11) is 1.52. The summed E-state index contributed by atoms with van der Waals surface area (Å²) in [6.07, 6.45) is 1.18. The minimum Gasteiger partial charge on any atom is -0.493 e. The maximum Gasteiger partial charge on any atom is 0.303 e. The number of aliphatic carboxylic acids is 1. The maximum atomic E-state index is 13.3. The van der Waals surface area contributed by atoms with E-state index in [1.807, 2.05) is 45.9 Å². The minimum absolute atomic E-state index is 0. The molecule has 0 amide bonds. The number of amidine groups is 1. The largest absolute Gasteiger partial charge is 0.493 e. The van der Waals surface area contributed by atoms with Crippen LogP contribution in [0, 0.1) is 5.41 Å². The van der Waals surface area contributed by atoms with Gasteiger partial charge < -0.3 is 19.5 Å². The number of Topliss-reactive ketones (excluding diaryl/α,β-unsaturated/α-hetero) is 1. The standard InChI is InChI=1S/C26H33N3O5.BrH/c1-6-18-10-9-16-14-29(25(27)23(16)28-18)15-20(30)17-12-19(26(2,3)4)24(21(13-17)33-5)34-11-7-8-22(31)32;/h9-10,12-13,27H,6-8,11,14-15H2,1-5H3,(H,31,32);1H. The van der Waals surface area contributed by atoms with Gasteiger partial charge in [0.25, 0.3) is 0 Å². The normalized spacial score (nSPS) is 12.7. The van der Waals surface area contributed by atoms with Crippen LogP contribution in [-0.2, 0) is 23.2 Å². The van der Waals surface area contributed by atoms with Gasteiger partial charge in [0.1, 0.15) is 11.5 Å². The van der Waals surface area contributed by atoms with Crippen molar-refractivity contribution in [3.63, 3.8) is 0 Å². The molecule has 1 aliphatic heterocycles. The van der Waals surface area contributed by atoms with Crippen molar-refractivity contribution in [3.8, 4) is 11.5 Å². The lowest BCUT2D eigenvalue weighted by atomic mass is 9.84. The van der Waals surface area contributed by atoms with Gasteiger partial charge in [-0.15, -0.1) is 17.0 Å². The van der Waals surface area contributed by atoms with Gasteiger partial charge in [-0.2, -0.15) is 0 Å². The summed E-state index contributed by atoms with van der Waals surface area (Å²) in [5.74, 6) is 0.215. The van der Waals surface area contributed by atoms with Gasteiger partial charge in [-0.3, -0.25) is 15.0 Å². The van der Waals surface area contributed by atoms with E-state index in [9.17, 15) is 9.59 Å². The predicted molar refractivity (Wildman–Crippen MR) is 140 cm³/mol. The second-order valence-corrected chi connectivity index (χ2v) is 9.44. The molecular weight excluding hydrogens is 514 g/mol. The lowest BCUT2D eigenvalue weighted by Crippen LogP contribution is -2.30. The van der Waals surface area contributed by atoms with Gasteiger partial charge in [0.2, 0.25) is 0 Å². The molecule has 0 unspecified atom stereocenters. The molecule has 190 valence electrons. The smallest absolute Gasteiger partial charge is 0.303 e. The first-order valence-corrected chi connectivity index (χ1v) is 11.5. The van der Waals surface area contributed by atoms with Gasteiger partial charge in [-0.25, -0.2) is 4.98 Å². The second kappa shape index (κ2) is 11.7. The second-order valence-electron chi connectivity index (χ2n) is 9.44. The number of carbonyl (C=O) groups is 2. The van der Waals surface area contributed by atoms with Crippen molar-refractivity contribution >= 4 is 34.6 Å². The van der Waals surface area contributed by atoms with Crippen molar-refractivity contribution in [2.45, 2.75) is 58.9 Å². The van der Waals surface area contributed by atoms with Gasteiger partial charge in [0, 0.05) is 35.3 Å². The molecule has 2 N–H and O–H groups in total. The average molecular weight is 548 g/mol. The number of carboxylic acid groups (broad SMARTS) is 1. The Morgan fingerprint density at radius 3 is 2.54 bits per heavy atom. The van der Waals surface area contributed by atoms with E-state index in [-0.39, 0.29) is 53.6 Å². The molecular formula is C26H34BrN3O5.